The molecule has 1 aliphatic heterocycles. The molecule has 1 aliphatic rings. The summed E-state index contributed by atoms with van der Waals surface area (Å²) in [6.45, 7) is 7.13. The van der Waals surface area contributed by atoms with Gasteiger partial charge in [-0.2, -0.15) is 0 Å². The maximum Gasteiger partial charge on any atom is 0.247 e. The Morgan fingerprint density at radius 1 is 1.37 bits per heavy atom. The van der Waals surface area contributed by atoms with E-state index in [4.69, 9.17) is 5.73 Å². The predicted molar refractivity (Wildman–Crippen MR) is 102 cm³/mol. The molecule has 3 rings (SSSR count). The number of tetrazole rings is 1. The molecule has 0 spiro atoms. The number of halogens is 2. The highest BCUT2D eigenvalue weighted by Gasteiger charge is 2.38. The van der Waals surface area contributed by atoms with Gasteiger partial charge in [-0.1, -0.05) is 26.0 Å². The summed E-state index contributed by atoms with van der Waals surface area (Å²) < 4.78 is 14.8. The number of amides is 1. The number of aromatic nitrogens is 4. The van der Waals surface area contributed by atoms with Gasteiger partial charge < -0.3 is 10.6 Å². The van der Waals surface area contributed by atoms with E-state index in [0.29, 0.717) is 25.3 Å². The second-order valence-corrected chi connectivity index (χ2v) is 7.66. The number of nitrogens with two attached hydrogens (primary N) is 1. The summed E-state index contributed by atoms with van der Waals surface area (Å²) in [4.78, 5) is 15.2. The van der Waals surface area contributed by atoms with Crippen LogP contribution in [0.15, 0.2) is 24.3 Å². The molecule has 2 heterocycles. The summed E-state index contributed by atoms with van der Waals surface area (Å²) in [5.74, 6) is 0.227. The SMILES string of the molecule is Cc1nnnn1C(Cc1ccc(F)cc1)C(=O)N1CCC(N)C(C)(C)C1.Cl. The maximum absolute atomic E-state index is 13.3. The molecule has 1 fully saturated rings. The Labute approximate surface area is 164 Å². The first kappa shape index (κ1) is 21.2. The highest BCUT2D eigenvalue weighted by atomic mass is 35.5. The minimum Gasteiger partial charge on any atom is -0.340 e. The van der Waals surface area contributed by atoms with Crippen molar-refractivity contribution >= 4 is 18.3 Å². The first-order valence-electron chi connectivity index (χ1n) is 8.81. The molecule has 0 aliphatic carbocycles. The molecule has 148 valence electrons. The van der Waals surface area contributed by atoms with Crippen molar-refractivity contribution in [3.63, 3.8) is 0 Å². The molecule has 0 radical (unpaired) electrons. The molecule has 7 nitrogen and oxygen atoms in total. The molecule has 1 aromatic carbocycles. The molecular weight excluding hydrogens is 371 g/mol. The number of benzene rings is 1. The van der Waals surface area contributed by atoms with Gasteiger partial charge in [0.25, 0.3) is 0 Å². The van der Waals surface area contributed by atoms with E-state index in [-0.39, 0.29) is 35.6 Å². The van der Waals surface area contributed by atoms with Gasteiger partial charge >= 0.3 is 0 Å². The quantitative estimate of drug-likeness (QED) is 0.852. The fraction of sp³-hybridized carbons (Fsp3) is 0.556. The largest absolute Gasteiger partial charge is 0.340 e. The average Bonchev–Trinajstić information content (AvgIpc) is 3.02. The number of nitrogens with zero attached hydrogens (tertiary/aromatic N) is 5. The molecule has 2 unspecified atom stereocenters. The van der Waals surface area contributed by atoms with E-state index in [0.717, 1.165) is 12.0 Å². The van der Waals surface area contributed by atoms with Crippen molar-refractivity contribution in [1.82, 2.24) is 25.1 Å². The lowest BCUT2D eigenvalue weighted by molar-refractivity contribution is -0.138. The van der Waals surface area contributed by atoms with Crippen LogP contribution >= 0.6 is 12.4 Å². The van der Waals surface area contributed by atoms with Crippen molar-refractivity contribution in [2.24, 2.45) is 11.1 Å². The maximum atomic E-state index is 13.3. The van der Waals surface area contributed by atoms with Gasteiger partial charge in [-0.25, -0.2) is 9.07 Å². The molecule has 2 N–H and O–H groups in total. The summed E-state index contributed by atoms with van der Waals surface area (Å²) in [6.07, 6.45) is 1.16. The van der Waals surface area contributed by atoms with Gasteiger partial charge in [0.15, 0.2) is 0 Å². The lowest BCUT2D eigenvalue weighted by atomic mass is 9.79. The Hall–Kier alpha value is -2.06. The minimum atomic E-state index is -0.569. The molecule has 2 aromatic rings. The zero-order valence-corrected chi connectivity index (χ0v) is 16.6. The van der Waals surface area contributed by atoms with Gasteiger partial charge in [-0.3, -0.25) is 4.79 Å². The number of rotatable bonds is 4. The lowest BCUT2D eigenvalue weighted by Gasteiger charge is -2.43. The van der Waals surface area contributed by atoms with Crippen LogP contribution in [0.5, 0.6) is 0 Å². The van der Waals surface area contributed by atoms with Gasteiger partial charge in [0, 0.05) is 25.6 Å². The number of carbonyl (C=O) groups excluding carboxylic acids is 1. The summed E-state index contributed by atoms with van der Waals surface area (Å²) >= 11 is 0. The monoisotopic (exact) mass is 396 g/mol. The highest BCUT2D eigenvalue weighted by molar-refractivity contribution is 5.85. The Kier molecular flexibility index (Phi) is 6.54. The molecule has 1 saturated heterocycles. The number of likely N-dealkylation sites (tertiary alicyclic amines) is 1. The number of carbonyl (C=O) groups is 1. The summed E-state index contributed by atoms with van der Waals surface area (Å²) in [5, 5.41) is 11.6. The van der Waals surface area contributed by atoms with Gasteiger partial charge in [-0.15, -0.1) is 17.5 Å². The van der Waals surface area contributed by atoms with Crippen LogP contribution in [0.3, 0.4) is 0 Å². The van der Waals surface area contributed by atoms with Crippen LogP contribution in [0.25, 0.3) is 0 Å². The third kappa shape index (κ3) is 4.62. The zero-order chi connectivity index (χ0) is 18.9. The Bertz CT molecular complexity index is 778. The predicted octanol–water partition coefficient (Wildman–Crippen LogP) is 1.91. The van der Waals surface area contributed by atoms with E-state index in [1.165, 1.54) is 12.1 Å². The van der Waals surface area contributed by atoms with E-state index in [9.17, 15) is 9.18 Å². The van der Waals surface area contributed by atoms with E-state index >= 15 is 0 Å². The fourth-order valence-electron chi connectivity index (χ4n) is 3.42. The lowest BCUT2D eigenvalue weighted by Crippen LogP contribution is -2.55. The number of aryl methyl sites for hydroxylation is 1. The van der Waals surface area contributed by atoms with Crippen LogP contribution in [0.2, 0.25) is 0 Å². The minimum absolute atomic E-state index is 0. The third-order valence-corrected chi connectivity index (χ3v) is 5.20. The molecule has 0 saturated carbocycles. The van der Waals surface area contributed by atoms with Crippen molar-refractivity contribution in [2.45, 2.75) is 45.7 Å². The third-order valence-electron chi connectivity index (χ3n) is 5.20. The molecule has 9 heteroatoms. The van der Waals surface area contributed by atoms with E-state index < -0.39 is 6.04 Å². The second-order valence-electron chi connectivity index (χ2n) is 7.66. The average molecular weight is 397 g/mol. The Morgan fingerprint density at radius 2 is 2.04 bits per heavy atom. The first-order valence-corrected chi connectivity index (χ1v) is 8.81. The van der Waals surface area contributed by atoms with Crippen LogP contribution in [-0.2, 0) is 11.2 Å². The topological polar surface area (TPSA) is 89.9 Å². The summed E-state index contributed by atoms with van der Waals surface area (Å²) in [7, 11) is 0. The van der Waals surface area contributed by atoms with Crippen molar-refractivity contribution in [2.75, 3.05) is 13.1 Å². The normalized spacial score (nSPS) is 20.0. The van der Waals surface area contributed by atoms with Crippen molar-refractivity contribution in [1.29, 1.82) is 0 Å². The summed E-state index contributed by atoms with van der Waals surface area (Å²) in [6, 6.07) is 5.66. The standard InChI is InChI=1S/C18H25FN6O.ClH/c1-12-21-22-23-25(12)15(10-13-4-6-14(19)7-5-13)17(26)24-9-8-16(20)18(2,3)11-24;/h4-7,15-16H,8-11,20H2,1-3H3;1H. The van der Waals surface area contributed by atoms with Crippen molar-refractivity contribution in [3.05, 3.63) is 41.5 Å². The van der Waals surface area contributed by atoms with Crippen LogP contribution in [0, 0.1) is 18.2 Å². The van der Waals surface area contributed by atoms with E-state index in [1.54, 1.807) is 23.7 Å². The summed E-state index contributed by atoms with van der Waals surface area (Å²) in [5.41, 5.74) is 6.90. The first-order chi connectivity index (χ1) is 12.3. The molecular formula is C18H26ClFN6O. The molecule has 27 heavy (non-hydrogen) atoms. The molecule has 0 bridgehead atoms. The Balaban J connectivity index is 0.00000261. The Morgan fingerprint density at radius 3 is 2.59 bits per heavy atom. The van der Waals surface area contributed by atoms with E-state index in [1.807, 2.05) is 4.90 Å². The van der Waals surface area contributed by atoms with Crippen molar-refractivity contribution < 1.29 is 9.18 Å². The number of hydrogen-bond donors (Lipinski definition) is 1. The number of piperidine rings is 1. The van der Waals surface area contributed by atoms with Crippen LogP contribution in [0.4, 0.5) is 4.39 Å². The molecule has 1 amide bonds. The van der Waals surface area contributed by atoms with Gasteiger partial charge in [0.1, 0.15) is 17.7 Å². The molecule has 1 aromatic heterocycles. The second kappa shape index (κ2) is 8.31. The van der Waals surface area contributed by atoms with Crippen molar-refractivity contribution in [3.8, 4) is 0 Å². The van der Waals surface area contributed by atoms with E-state index in [2.05, 4.69) is 29.4 Å². The van der Waals surface area contributed by atoms with Gasteiger partial charge in [0.05, 0.1) is 0 Å². The van der Waals surface area contributed by atoms with Gasteiger partial charge in [-0.05, 0) is 46.9 Å². The highest BCUT2D eigenvalue weighted by Crippen LogP contribution is 2.30. The fourth-order valence-corrected chi connectivity index (χ4v) is 3.42. The van der Waals surface area contributed by atoms with Gasteiger partial charge in [0.2, 0.25) is 5.91 Å². The van der Waals surface area contributed by atoms with Crippen LogP contribution in [-0.4, -0.2) is 50.1 Å². The zero-order valence-electron chi connectivity index (χ0n) is 15.8. The molecule has 2 atom stereocenters. The van der Waals surface area contributed by atoms with Crippen LogP contribution < -0.4 is 5.73 Å². The number of hydrogen-bond acceptors (Lipinski definition) is 5. The van der Waals surface area contributed by atoms with Crippen LogP contribution in [0.1, 0.15) is 37.7 Å². The smallest absolute Gasteiger partial charge is 0.247 e.